The summed E-state index contributed by atoms with van der Waals surface area (Å²) in [6.07, 6.45) is -1.49. The van der Waals surface area contributed by atoms with Crippen molar-refractivity contribution in [3.63, 3.8) is 0 Å². The van der Waals surface area contributed by atoms with Gasteiger partial charge in [0.25, 0.3) is 0 Å². The average molecular weight is 283 g/mol. The second kappa shape index (κ2) is 5.81. The van der Waals surface area contributed by atoms with E-state index in [1.54, 1.807) is 18.5 Å². The normalized spacial score (nSPS) is 11.2. The summed E-state index contributed by atoms with van der Waals surface area (Å²) in [7, 11) is 0. The second-order valence-electron chi connectivity index (χ2n) is 3.91. The van der Waals surface area contributed by atoms with Gasteiger partial charge in [0.2, 0.25) is 0 Å². The van der Waals surface area contributed by atoms with Gasteiger partial charge in [0.1, 0.15) is 11.5 Å². The molecule has 0 aliphatic rings. The van der Waals surface area contributed by atoms with Gasteiger partial charge in [0.05, 0.1) is 12.8 Å². The zero-order valence-electron chi connectivity index (χ0n) is 10.6. The van der Waals surface area contributed by atoms with E-state index < -0.39 is 6.36 Å². The lowest BCUT2D eigenvalue weighted by molar-refractivity contribution is -0.274. The maximum absolute atomic E-state index is 12.1. The Balaban J connectivity index is 2.19. The molecule has 1 heterocycles. The number of halogens is 3. The molecule has 0 spiro atoms. The Kier molecular flexibility index (Phi) is 4.12. The predicted octanol–water partition coefficient (Wildman–Crippen LogP) is 4.05. The van der Waals surface area contributed by atoms with Crippen molar-refractivity contribution in [1.29, 1.82) is 0 Å². The molecule has 1 aromatic heterocycles. The van der Waals surface area contributed by atoms with Gasteiger partial charge in [-0.3, -0.25) is 4.98 Å². The van der Waals surface area contributed by atoms with Crippen LogP contribution in [0.5, 0.6) is 11.5 Å². The highest BCUT2D eigenvalue weighted by molar-refractivity contribution is 5.64. The highest BCUT2D eigenvalue weighted by atomic mass is 19.4. The Morgan fingerprint density at radius 3 is 2.30 bits per heavy atom. The minimum atomic E-state index is -4.68. The van der Waals surface area contributed by atoms with Gasteiger partial charge in [-0.1, -0.05) is 12.1 Å². The first-order valence-electron chi connectivity index (χ1n) is 5.92. The summed E-state index contributed by atoms with van der Waals surface area (Å²) in [5, 5.41) is 0. The molecule has 0 saturated carbocycles. The summed E-state index contributed by atoms with van der Waals surface area (Å²) in [4.78, 5) is 4.03. The van der Waals surface area contributed by atoms with Gasteiger partial charge in [0, 0.05) is 11.8 Å². The van der Waals surface area contributed by atoms with Crippen LogP contribution in [0, 0.1) is 0 Å². The van der Waals surface area contributed by atoms with E-state index >= 15 is 0 Å². The van der Waals surface area contributed by atoms with E-state index in [-0.39, 0.29) is 5.75 Å². The molecule has 0 N–H and O–H groups in total. The Bertz CT molecular complexity index is 567. The fourth-order valence-electron chi connectivity index (χ4n) is 1.67. The van der Waals surface area contributed by atoms with E-state index in [1.165, 1.54) is 24.3 Å². The van der Waals surface area contributed by atoms with Crippen molar-refractivity contribution < 1.29 is 22.6 Å². The van der Waals surface area contributed by atoms with Crippen LogP contribution in [0.3, 0.4) is 0 Å². The Hall–Kier alpha value is -2.24. The highest BCUT2D eigenvalue weighted by Crippen LogP contribution is 2.27. The monoisotopic (exact) mass is 283 g/mol. The van der Waals surface area contributed by atoms with Crippen LogP contribution in [-0.4, -0.2) is 18.0 Å². The smallest absolute Gasteiger partial charge is 0.492 e. The lowest BCUT2D eigenvalue weighted by Crippen LogP contribution is -2.16. The molecule has 0 saturated heterocycles. The zero-order valence-corrected chi connectivity index (χ0v) is 10.6. The van der Waals surface area contributed by atoms with Crippen molar-refractivity contribution in [2.75, 3.05) is 6.61 Å². The van der Waals surface area contributed by atoms with Crippen molar-refractivity contribution in [3.05, 3.63) is 42.7 Å². The number of hydrogen-bond acceptors (Lipinski definition) is 3. The molecule has 6 heteroatoms. The third-order valence-corrected chi connectivity index (χ3v) is 2.45. The summed E-state index contributed by atoms with van der Waals surface area (Å²) in [6.45, 7) is 2.37. The number of ether oxygens (including phenoxy) is 2. The van der Waals surface area contributed by atoms with Crippen LogP contribution < -0.4 is 9.47 Å². The van der Waals surface area contributed by atoms with E-state index in [2.05, 4.69) is 9.72 Å². The zero-order chi connectivity index (χ0) is 14.6. The summed E-state index contributed by atoms with van der Waals surface area (Å²) in [5.41, 5.74) is 1.49. The standard InChI is InChI=1S/C14H12F3NO2/c1-2-19-13-7-11(8-18-9-13)10-3-5-12(6-4-10)20-14(15,16)17/h3-9H,2H2,1H3. The van der Waals surface area contributed by atoms with Crippen molar-refractivity contribution in [2.24, 2.45) is 0 Å². The number of nitrogens with zero attached hydrogens (tertiary/aromatic N) is 1. The van der Waals surface area contributed by atoms with E-state index in [0.717, 1.165) is 11.1 Å². The number of pyridine rings is 1. The first kappa shape index (κ1) is 14.2. The summed E-state index contributed by atoms with van der Waals surface area (Å²) < 4.78 is 45.3. The van der Waals surface area contributed by atoms with Crippen molar-refractivity contribution in [2.45, 2.75) is 13.3 Å². The first-order valence-corrected chi connectivity index (χ1v) is 5.92. The summed E-state index contributed by atoms with van der Waals surface area (Å²) in [5.74, 6) is 0.357. The van der Waals surface area contributed by atoms with Gasteiger partial charge >= 0.3 is 6.36 Å². The molecule has 0 atom stereocenters. The molecule has 0 amide bonds. The largest absolute Gasteiger partial charge is 0.573 e. The SMILES string of the molecule is CCOc1cncc(-c2ccc(OC(F)(F)F)cc2)c1. The molecular formula is C14H12F3NO2. The molecule has 0 aliphatic carbocycles. The Labute approximate surface area is 114 Å². The fraction of sp³-hybridized carbons (Fsp3) is 0.214. The molecule has 2 rings (SSSR count). The molecule has 2 aromatic rings. The molecule has 20 heavy (non-hydrogen) atoms. The van der Waals surface area contributed by atoms with Gasteiger partial charge in [-0.15, -0.1) is 13.2 Å². The van der Waals surface area contributed by atoms with Crippen LogP contribution in [0.15, 0.2) is 42.7 Å². The Morgan fingerprint density at radius 2 is 1.70 bits per heavy atom. The first-order chi connectivity index (χ1) is 9.48. The van der Waals surface area contributed by atoms with Crippen LogP contribution >= 0.6 is 0 Å². The average Bonchev–Trinajstić information content (AvgIpc) is 2.38. The Morgan fingerprint density at radius 1 is 1.00 bits per heavy atom. The van der Waals surface area contributed by atoms with Crippen molar-refractivity contribution >= 4 is 0 Å². The summed E-state index contributed by atoms with van der Waals surface area (Å²) >= 11 is 0. The van der Waals surface area contributed by atoms with E-state index in [1.807, 2.05) is 6.92 Å². The summed E-state index contributed by atoms with van der Waals surface area (Å²) in [6, 6.07) is 7.37. The topological polar surface area (TPSA) is 31.4 Å². The van der Waals surface area contributed by atoms with E-state index in [4.69, 9.17) is 4.74 Å². The van der Waals surface area contributed by atoms with Crippen molar-refractivity contribution in [3.8, 4) is 22.6 Å². The van der Waals surface area contributed by atoms with Gasteiger partial charge in [-0.2, -0.15) is 0 Å². The van der Waals surface area contributed by atoms with Crippen LogP contribution in [0.2, 0.25) is 0 Å². The van der Waals surface area contributed by atoms with Crippen LogP contribution in [0.25, 0.3) is 11.1 Å². The lowest BCUT2D eigenvalue weighted by atomic mass is 10.1. The van der Waals surface area contributed by atoms with Gasteiger partial charge in [-0.05, 0) is 30.7 Å². The van der Waals surface area contributed by atoms with Gasteiger partial charge in [-0.25, -0.2) is 0 Å². The maximum Gasteiger partial charge on any atom is 0.573 e. The molecular weight excluding hydrogens is 271 g/mol. The number of hydrogen-bond donors (Lipinski definition) is 0. The highest BCUT2D eigenvalue weighted by Gasteiger charge is 2.30. The predicted molar refractivity (Wildman–Crippen MR) is 67.5 cm³/mol. The minimum Gasteiger partial charge on any atom is -0.492 e. The van der Waals surface area contributed by atoms with Crippen LogP contribution in [-0.2, 0) is 0 Å². The molecule has 0 bridgehead atoms. The molecule has 0 fully saturated rings. The molecule has 1 aromatic carbocycles. The molecule has 106 valence electrons. The number of rotatable bonds is 4. The fourth-order valence-corrected chi connectivity index (χ4v) is 1.67. The minimum absolute atomic E-state index is 0.254. The second-order valence-corrected chi connectivity index (χ2v) is 3.91. The molecule has 0 aliphatic heterocycles. The quantitative estimate of drug-likeness (QED) is 0.848. The third kappa shape index (κ3) is 3.88. The van der Waals surface area contributed by atoms with E-state index in [9.17, 15) is 13.2 Å². The number of aromatic nitrogens is 1. The maximum atomic E-state index is 12.1. The van der Waals surface area contributed by atoms with Gasteiger partial charge in [0.15, 0.2) is 0 Å². The molecule has 0 unspecified atom stereocenters. The van der Waals surface area contributed by atoms with Crippen LogP contribution in [0.4, 0.5) is 13.2 Å². The molecule has 3 nitrogen and oxygen atoms in total. The number of alkyl halides is 3. The molecule has 0 radical (unpaired) electrons. The third-order valence-electron chi connectivity index (χ3n) is 2.45. The lowest BCUT2D eigenvalue weighted by Gasteiger charge is -2.09. The van der Waals surface area contributed by atoms with E-state index in [0.29, 0.717) is 12.4 Å². The van der Waals surface area contributed by atoms with Crippen LogP contribution in [0.1, 0.15) is 6.92 Å². The number of benzene rings is 1. The van der Waals surface area contributed by atoms with Gasteiger partial charge < -0.3 is 9.47 Å². The van der Waals surface area contributed by atoms with Crippen molar-refractivity contribution in [1.82, 2.24) is 4.98 Å².